The fraction of sp³-hybridized carbons (Fsp3) is 0.0588. The molecule has 0 saturated carbocycles. The molecule has 0 radical (unpaired) electrons. The topological polar surface area (TPSA) is 96.0 Å². The second kappa shape index (κ2) is 8.01. The Morgan fingerprint density at radius 2 is 1.96 bits per heavy atom. The van der Waals surface area contributed by atoms with Gasteiger partial charge >= 0.3 is 6.18 Å². The summed E-state index contributed by atoms with van der Waals surface area (Å²) in [5.74, 6) is -0.871. The van der Waals surface area contributed by atoms with E-state index in [1.165, 1.54) is 12.1 Å². The van der Waals surface area contributed by atoms with Crippen molar-refractivity contribution in [1.29, 1.82) is 5.26 Å². The molecule has 138 valence electrons. The van der Waals surface area contributed by atoms with Crippen molar-refractivity contribution in [2.75, 3.05) is 5.32 Å². The maximum atomic E-state index is 12.7. The van der Waals surface area contributed by atoms with Crippen molar-refractivity contribution in [1.82, 2.24) is 0 Å². The summed E-state index contributed by atoms with van der Waals surface area (Å²) in [5.41, 5.74) is -1.36. The predicted octanol–water partition coefficient (Wildman–Crippen LogP) is 4.92. The number of carbonyl (C=O) groups is 1. The number of amides is 1. The minimum absolute atomic E-state index is 0.0271. The summed E-state index contributed by atoms with van der Waals surface area (Å²) < 4.78 is 38.5. The van der Waals surface area contributed by atoms with E-state index < -0.39 is 28.1 Å². The first kappa shape index (κ1) is 20.1. The van der Waals surface area contributed by atoms with Crippen LogP contribution in [-0.2, 0) is 11.0 Å². The van der Waals surface area contributed by atoms with Gasteiger partial charge in [-0.05, 0) is 45.8 Å². The molecule has 1 N–H and O–H groups in total. The number of hydrogen-bond donors (Lipinski definition) is 1. The summed E-state index contributed by atoms with van der Waals surface area (Å²) in [4.78, 5) is 22.3. The van der Waals surface area contributed by atoms with E-state index in [-0.39, 0.29) is 21.4 Å². The van der Waals surface area contributed by atoms with Gasteiger partial charge in [0, 0.05) is 16.6 Å². The molecule has 0 atom stereocenters. The number of hydrogen-bond acceptors (Lipinski definition) is 4. The fourth-order valence-corrected chi connectivity index (χ4v) is 2.49. The van der Waals surface area contributed by atoms with Gasteiger partial charge in [0.15, 0.2) is 0 Å². The highest BCUT2D eigenvalue weighted by atomic mass is 79.9. The molecule has 10 heteroatoms. The van der Waals surface area contributed by atoms with Crippen LogP contribution in [0.3, 0.4) is 0 Å². The lowest BCUT2D eigenvalue weighted by molar-refractivity contribution is -0.384. The highest BCUT2D eigenvalue weighted by molar-refractivity contribution is 9.10. The van der Waals surface area contributed by atoms with Crippen molar-refractivity contribution in [3.8, 4) is 6.07 Å². The second-order valence-corrected chi connectivity index (χ2v) is 6.02. The van der Waals surface area contributed by atoms with Gasteiger partial charge in [0.05, 0.1) is 16.2 Å². The average molecular weight is 440 g/mol. The minimum Gasteiger partial charge on any atom is -0.320 e. The number of nitro groups is 1. The Balaban J connectivity index is 2.28. The number of nitrogens with one attached hydrogen (secondary N) is 1. The Labute approximate surface area is 159 Å². The van der Waals surface area contributed by atoms with Gasteiger partial charge in [-0.2, -0.15) is 18.4 Å². The van der Waals surface area contributed by atoms with Crippen molar-refractivity contribution < 1.29 is 22.9 Å². The highest BCUT2D eigenvalue weighted by Gasteiger charge is 2.30. The molecule has 0 unspecified atom stereocenters. The predicted molar refractivity (Wildman–Crippen MR) is 94.5 cm³/mol. The quantitative estimate of drug-likeness (QED) is 0.316. The molecule has 0 aliphatic heterocycles. The first-order valence-corrected chi connectivity index (χ1v) is 7.95. The first-order chi connectivity index (χ1) is 12.6. The summed E-state index contributed by atoms with van der Waals surface area (Å²) in [5, 5.41) is 22.2. The van der Waals surface area contributed by atoms with Crippen molar-refractivity contribution in [3.05, 3.63) is 73.8 Å². The van der Waals surface area contributed by atoms with Crippen molar-refractivity contribution >= 4 is 39.3 Å². The van der Waals surface area contributed by atoms with E-state index in [2.05, 4.69) is 21.2 Å². The number of benzene rings is 2. The molecule has 2 aromatic carbocycles. The van der Waals surface area contributed by atoms with Crippen LogP contribution in [0.2, 0.25) is 0 Å². The van der Waals surface area contributed by atoms with Gasteiger partial charge in [-0.1, -0.05) is 12.1 Å². The summed E-state index contributed by atoms with van der Waals surface area (Å²) in [6, 6.07) is 9.37. The van der Waals surface area contributed by atoms with Crippen molar-refractivity contribution in [3.63, 3.8) is 0 Å². The molecule has 0 heterocycles. The van der Waals surface area contributed by atoms with E-state index in [0.29, 0.717) is 0 Å². The monoisotopic (exact) mass is 439 g/mol. The molecule has 0 aliphatic rings. The van der Waals surface area contributed by atoms with Crippen LogP contribution in [0.15, 0.2) is 52.5 Å². The Morgan fingerprint density at radius 1 is 1.26 bits per heavy atom. The van der Waals surface area contributed by atoms with Gasteiger partial charge in [0.25, 0.3) is 11.6 Å². The Morgan fingerprint density at radius 3 is 2.52 bits per heavy atom. The standard InChI is InChI=1S/C17H9BrF3N3O3/c18-14-8-13(24(26)27)4-5-15(14)23-16(25)11(9-22)6-10-2-1-3-12(7-10)17(19,20)21/h1-8H,(H,23,25). The van der Waals surface area contributed by atoms with Gasteiger partial charge in [-0.25, -0.2) is 0 Å². The van der Waals surface area contributed by atoms with Crippen LogP contribution < -0.4 is 5.32 Å². The molecular formula is C17H9BrF3N3O3. The van der Waals surface area contributed by atoms with Crippen LogP contribution >= 0.6 is 15.9 Å². The van der Waals surface area contributed by atoms with Gasteiger partial charge < -0.3 is 5.32 Å². The van der Waals surface area contributed by atoms with Crippen LogP contribution in [0.4, 0.5) is 24.5 Å². The summed E-state index contributed by atoms with van der Waals surface area (Å²) >= 11 is 3.07. The SMILES string of the molecule is N#CC(=Cc1cccc(C(F)(F)F)c1)C(=O)Nc1ccc([N+](=O)[O-])cc1Br. The third-order valence-electron chi connectivity index (χ3n) is 3.30. The van der Waals surface area contributed by atoms with E-state index in [1.54, 1.807) is 6.07 Å². The van der Waals surface area contributed by atoms with Crippen LogP contribution in [0.25, 0.3) is 6.08 Å². The van der Waals surface area contributed by atoms with Gasteiger partial charge in [-0.15, -0.1) is 0 Å². The molecule has 0 aliphatic carbocycles. The van der Waals surface area contributed by atoms with Crippen LogP contribution in [-0.4, -0.2) is 10.8 Å². The molecule has 1 amide bonds. The number of alkyl halides is 3. The smallest absolute Gasteiger partial charge is 0.320 e. The van der Waals surface area contributed by atoms with Crippen LogP contribution in [0, 0.1) is 21.4 Å². The fourth-order valence-electron chi connectivity index (χ4n) is 2.03. The lowest BCUT2D eigenvalue weighted by Gasteiger charge is -2.08. The number of carbonyl (C=O) groups excluding carboxylic acids is 1. The molecule has 2 rings (SSSR count). The number of non-ortho nitro benzene ring substituents is 1. The van der Waals surface area contributed by atoms with Crippen LogP contribution in [0.1, 0.15) is 11.1 Å². The number of anilines is 1. The van der Waals surface area contributed by atoms with E-state index in [9.17, 15) is 28.1 Å². The molecule has 2 aromatic rings. The van der Waals surface area contributed by atoms with E-state index in [4.69, 9.17) is 5.26 Å². The molecule has 0 bridgehead atoms. The maximum absolute atomic E-state index is 12.7. The zero-order valence-electron chi connectivity index (χ0n) is 13.2. The van der Waals surface area contributed by atoms with Crippen molar-refractivity contribution in [2.24, 2.45) is 0 Å². The number of nitriles is 1. The Bertz CT molecular complexity index is 981. The third kappa shape index (κ3) is 5.15. The van der Waals surface area contributed by atoms with E-state index in [1.807, 2.05) is 0 Å². The maximum Gasteiger partial charge on any atom is 0.416 e. The molecule has 27 heavy (non-hydrogen) atoms. The van der Waals surface area contributed by atoms with Crippen molar-refractivity contribution in [2.45, 2.75) is 6.18 Å². The Hall–Kier alpha value is -3.19. The van der Waals surface area contributed by atoms with Gasteiger partial charge in [-0.3, -0.25) is 14.9 Å². The lowest BCUT2D eigenvalue weighted by atomic mass is 10.1. The Kier molecular flexibility index (Phi) is 5.97. The first-order valence-electron chi connectivity index (χ1n) is 7.16. The summed E-state index contributed by atoms with van der Waals surface area (Å²) in [6.07, 6.45) is -3.54. The zero-order chi connectivity index (χ0) is 20.2. The summed E-state index contributed by atoms with van der Waals surface area (Å²) in [7, 11) is 0. The molecule has 0 fully saturated rings. The largest absolute Gasteiger partial charge is 0.416 e. The molecule has 6 nitrogen and oxygen atoms in total. The third-order valence-corrected chi connectivity index (χ3v) is 3.96. The average Bonchev–Trinajstić information content (AvgIpc) is 2.60. The molecule has 0 aromatic heterocycles. The lowest BCUT2D eigenvalue weighted by Crippen LogP contribution is -2.14. The second-order valence-electron chi connectivity index (χ2n) is 5.17. The van der Waals surface area contributed by atoms with E-state index in [0.717, 1.165) is 36.4 Å². The molecule has 0 saturated heterocycles. The number of rotatable bonds is 4. The van der Waals surface area contributed by atoms with E-state index >= 15 is 0 Å². The molecule has 0 spiro atoms. The van der Waals surface area contributed by atoms with Gasteiger partial charge in [0.2, 0.25) is 0 Å². The number of nitrogens with zero attached hydrogens (tertiary/aromatic N) is 2. The molecular weight excluding hydrogens is 431 g/mol. The summed E-state index contributed by atoms with van der Waals surface area (Å²) in [6.45, 7) is 0. The highest BCUT2D eigenvalue weighted by Crippen LogP contribution is 2.30. The minimum atomic E-state index is -4.55. The normalized spacial score (nSPS) is 11.6. The zero-order valence-corrected chi connectivity index (χ0v) is 14.8. The van der Waals surface area contributed by atoms with Gasteiger partial charge in [0.1, 0.15) is 11.6 Å². The van der Waals surface area contributed by atoms with Crippen LogP contribution in [0.5, 0.6) is 0 Å². The number of halogens is 4. The number of nitro benzene ring substituents is 1.